The summed E-state index contributed by atoms with van der Waals surface area (Å²) in [5, 5.41) is 0. The first-order chi connectivity index (χ1) is 14.1. The Morgan fingerprint density at radius 3 is 1.76 bits per heavy atom. The third kappa shape index (κ3) is 5.14. The molecule has 3 rings (SSSR count). The van der Waals surface area contributed by atoms with Crippen molar-refractivity contribution in [2.75, 3.05) is 54.6 Å². The van der Waals surface area contributed by atoms with Crippen molar-refractivity contribution in [1.29, 1.82) is 0 Å². The molecule has 29 heavy (non-hydrogen) atoms. The first kappa shape index (κ1) is 21.3. The lowest BCUT2D eigenvalue weighted by molar-refractivity contribution is -1.02. The van der Waals surface area contributed by atoms with Crippen LogP contribution in [0.2, 0.25) is 0 Å². The molecule has 0 radical (unpaired) electrons. The first-order valence-electron chi connectivity index (χ1n) is 10.2. The van der Waals surface area contributed by atoms with Crippen LogP contribution >= 0.6 is 0 Å². The number of ether oxygens (including phenoxy) is 4. The van der Waals surface area contributed by atoms with Gasteiger partial charge in [-0.3, -0.25) is 0 Å². The Morgan fingerprint density at radius 1 is 0.655 bits per heavy atom. The molecule has 0 aliphatic carbocycles. The van der Waals surface area contributed by atoms with E-state index in [0.717, 1.165) is 62.3 Å². The average molecular weight is 403 g/mol. The molecule has 0 amide bonds. The molecule has 1 saturated heterocycles. The number of quaternary nitrogens is 2. The minimum absolute atomic E-state index is 0.797. The Kier molecular flexibility index (Phi) is 7.23. The molecule has 1 heterocycles. The second-order valence-corrected chi connectivity index (χ2v) is 7.67. The predicted octanol–water partition coefficient (Wildman–Crippen LogP) is 0.513. The van der Waals surface area contributed by atoms with Crippen LogP contribution in [0.15, 0.2) is 30.3 Å². The number of methoxy groups -OCH3 is 4. The van der Waals surface area contributed by atoms with Gasteiger partial charge in [-0.25, -0.2) is 0 Å². The molecule has 2 aromatic rings. The van der Waals surface area contributed by atoms with E-state index in [0.29, 0.717) is 0 Å². The maximum Gasteiger partial charge on any atom is 0.161 e. The summed E-state index contributed by atoms with van der Waals surface area (Å²) in [7, 11) is 6.81. The lowest BCUT2D eigenvalue weighted by Crippen LogP contribution is -3.27. The van der Waals surface area contributed by atoms with E-state index >= 15 is 0 Å². The lowest BCUT2D eigenvalue weighted by Gasteiger charge is -2.30. The zero-order valence-electron chi connectivity index (χ0n) is 18.3. The Hall–Kier alpha value is -2.44. The summed E-state index contributed by atoms with van der Waals surface area (Å²) in [5.41, 5.74) is 3.79. The van der Waals surface area contributed by atoms with Gasteiger partial charge in [0.1, 0.15) is 50.8 Å². The number of aryl methyl sites for hydroxylation is 1. The molecule has 0 unspecified atom stereocenters. The second-order valence-electron chi connectivity index (χ2n) is 7.67. The van der Waals surface area contributed by atoms with Crippen LogP contribution in [0, 0.1) is 6.92 Å². The third-order valence-electron chi connectivity index (χ3n) is 5.87. The highest BCUT2D eigenvalue weighted by atomic mass is 16.5. The summed E-state index contributed by atoms with van der Waals surface area (Å²) < 4.78 is 21.8. The maximum atomic E-state index is 5.54. The first-order valence-corrected chi connectivity index (χ1v) is 10.2. The summed E-state index contributed by atoms with van der Waals surface area (Å²) >= 11 is 0. The second kappa shape index (κ2) is 9.85. The number of piperazine rings is 1. The van der Waals surface area contributed by atoms with Crippen LogP contribution < -0.4 is 28.7 Å². The molecular weight excluding hydrogens is 368 g/mol. The molecule has 1 aliphatic heterocycles. The van der Waals surface area contributed by atoms with Crippen molar-refractivity contribution in [2.45, 2.75) is 20.0 Å². The van der Waals surface area contributed by atoms with Gasteiger partial charge in [0, 0.05) is 5.56 Å². The van der Waals surface area contributed by atoms with E-state index < -0.39 is 0 Å². The van der Waals surface area contributed by atoms with Gasteiger partial charge in [-0.1, -0.05) is 0 Å². The smallest absolute Gasteiger partial charge is 0.161 e. The molecule has 0 aromatic heterocycles. The van der Waals surface area contributed by atoms with Gasteiger partial charge in [0.15, 0.2) is 11.5 Å². The number of nitrogens with one attached hydrogen (secondary N) is 2. The van der Waals surface area contributed by atoms with Gasteiger partial charge < -0.3 is 28.7 Å². The predicted molar refractivity (Wildman–Crippen MR) is 113 cm³/mol. The van der Waals surface area contributed by atoms with Crippen LogP contribution in [0.25, 0.3) is 0 Å². The minimum Gasteiger partial charge on any atom is -0.497 e. The van der Waals surface area contributed by atoms with Crippen molar-refractivity contribution in [2.24, 2.45) is 0 Å². The molecule has 6 nitrogen and oxygen atoms in total. The van der Waals surface area contributed by atoms with Crippen molar-refractivity contribution in [3.8, 4) is 23.0 Å². The molecule has 2 aromatic carbocycles. The van der Waals surface area contributed by atoms with Crippen LogP contribution in [0.3, 0.4) is 0 Å². The molecule has 1 aliphatic rings. The number of benzene rings is 2. The van der Waals surface area contributed by atoms with Crippen molar-refractivity contribution >= 4 is 0 Å². The fraction of sp³-hybridized carbons (Fsp3) is 0.478. The van der Waals surface area contributed by atoms with Gasteiger partial charge in [0.2, 0.25) is 0 Å². The van der Waals surface area contributed by atoms with Crippen molar-refractivity contribution < 1.29 is 28.7 Å². The molecule has 1 fully saturated rings. The lowest BCUT2D eigenvalue weighted by atomic mass is 10.1. The highest BCUT2D eigenvalue weighted by Gasteiger charge is 2.25. The van der Waals surface area contributed by atoms with E-state index in [4.69, 9.17) is 18.9 Å². The summed E-state index contributed by atoms with van der Waals surface area (Å²) in [6, 6.07) is 10.2. The zero-order chi connectivity index (χ0) is 20.8. The highest BCUT2D eigenvalue weighted by Crippen LogP contribution is 2.30. The largest absolute Gasteiger partial charge is 0.497 e. The van der Waals surface area contributed by atoms with E-state index in [1.807, 2.05) is 12.1 Å². The van der Waals surface area contributed by atoms with E-state index in [1.54, 1.807) is 38.2 Å². The summed E-state index contributed by atoms with van der Waals surface area (Å²) in [6.45, 7) is 8.70. The van der Waals surface area contributed by atoms with Gasteiger partial charge in [0.25, 0.3) is 0 Å². The molecule has 158 valence electrons. The number of hydrogen-bond donors (Lipinski definition) is 2. The Bertz CT molecular complexity index is 817. The average Bonchev–Trinajstić information content (AvgIpc) is 2.76. The van der Waals surface area contributed by atoms with E-state index in [9.17, 15) is 0 Å². The molecule has 0 spiro atoms. The van der Waals surface area contributed by atoms with Gasteiger partial charge in [-0.05, 0) is 42.8 Å². The highest BCUT2D eigenvalue weighted by molar-refractivity contribution is 5.46. The monoisotopic (exact) mass is 402 g/mol. The van der Waals surface area contributed by atoms with Gasteiger partial charge >= 0.3 is 0 Å². The molecule has 2 N–H and O–H groups in total. The SMILES string of the molecule is COc1ccc(OC)c(C[NH+]2CC[NH+](Cc3cc(OC)c(OC)cc3C)CC2)c1. The summed E-state index contributed by atoms with van der Waals surface area (Å²) in [5.74, 6) is 3.43. The Balaban J connectivity index is 1.60. The van der Waals surface area contributed by atoms with Gasteiger partial charge in [-0.15, -0.1) is 0 Å². The van der Waals surface area contributed by atoms with E-state index in [2.05, 4.69) is 25.1 Å². The van der Waals surface area contributed by atoms with Crippen molar-refractivity contribution in [3.63, 3.8) is 0 Å². The molecule has 6 heteroatoms. The van der Waals surface area contributed by atoms with Crippen molar-refractivity contribution in [1.82, 2.24) is 0 Å². The Morgan fingerprint density at radius 2 is 1.21 bits per heavy atom. The standard InChI is InChI=1S/C23H32N2O4/c1-17-12-22(28-4)23(29-5)14-18(17)15-24-8-10-25(11-9-24)16-19-13-20(26-2)6-7-21(19)27-3/h6-7,12-14H,8-11,15-16H2,1-5H3/p+2. The van der Waals surface area contributed by atoms with Crippen LogP contribution in [-0.2, 0) is 13.1 Å². The molecular formula is C23H34N2O4+2. The maximum absolute atomic E-state index is 5.54. The molecule has 0 atom stereocenters. The van der Waals surface area contributed by atoms with Crippen LogP contribution in [0.1, 0.15) is 16.7 Å². The summed E-state index contributed by atoms with van der Waals surface area (Å²) in [6.07, 6.45) is 0. The quantitative estimate of drug-likeness (QED) is 0.676. The zero-order valence-corrected chi connectivity index (χ0v) is 18.3. The topological polar surface area (TPSA) is 45.8 Å². The van der Waals surface area contributed by atoms with Crippen LogP contribution in [0.4, 0.5) is 0 Å². The normalized spacial score (nSPS) is 18.9. The van der Waals surface area contributed by atoms with E-state index in [1.165, 1.54) is 16.7 Å². The van der Waals surface area contributed by atoms with Gasteiger partial charge in [0.05, 0.1) is 34.0 Å². The number of rotatable bonds is 8. The fourth-order valence-corrected chi connectivity index (χ4v) is 4.08. The van der Waals surface area contributed by atoms with Crippen molar-refractivity contribution in [3.05, 3.63) is 47.0 Å². The summed E-state index contributed by atoms with van der Waals surface area (Å²) in [4.78, 5) is 3.20. The fourth-order valence-electron chi connectivity index (χ4n) is 4.08. The molecule has 0 bridgehead atoms. The van der Waals surface area contributed by atoms with Gasteiger partial charge in [-0.2, -0.15) is 0 Å². The van der Waals surface area contributed by atoms with E-state index in [-0.39, 0.29) is 0 Å². The van der Waals surface area contributed by atoms with Crippen LogP contribution in [-0.4, -0.2) is 54.6 Å². The number of hydrogen-bond acceptors (Lipinski definition) is 4. The molecule has 0 saturated carbocycles. The Labute approximate surface area is 173 Å². The van der Waals surface area contributed by atoms with Crippen LogP contribution in [0.5, 0.6) is 23.0 Å². The third-order valence-corrected chi connectivity index (χ3v) is 5.87. The minimum atomic E-state index is 0.797.